The second-order valence-electron chi connectivity index (χ2n) is 5.39. The molecule has 4 heteroatoms. The predicted molar refractivity (Wildman–Crippen MR) is 76.3 cm³/mol. The molecule has 1 aromatic rings. The minimum absolute atomic E-state index is 0.00287. The van der Waals surface area contributed by atoms with Crippen molar-refractivity contribution in [3.05, 3.63) is 23.8 Å². The van der Waals surface area contributed by atoms with Crippen LogP contribution >= 0.6 is 0 Å². The number of carbonyl (C=O) groups is 1. The SMILES string of the molecule is CCC1(C(=O)Nc2cc(C)ccc2O)CCCNC1. The number of rotatable bonds is 3. The van der Waals surface area contributed by atoms with Gasteiger partial charge in [-0.3, -0.25) is 4.79 Å². The number of hydrogen-bond donors (Lipinski definition) is 3. The van der Waals surface area contributed by atoms with E-state index < -0.39 is 0 Å². The molecule has 1 aromatic carbocycles. The predicted octanol–water partition coefficient (Wildman–Crippen LogP) is 2.42. The van der Waals surface area contributed by atoms with Gasteiger partial charge < -0.3 is 15.7 Å². The molecule has 1 aliphatic rings. The maximum absolute atomic E-state index is 12.5. The fraction of sp³-hybridized carbons (Fsp3) is 0.533. The zero-order chi connectivity index (χ0) is 13.9. The van der Waals surface area contributed by atoms with E-state index in [-0.39, 0.29) is 17.1 Å². The van der Waals surface area contributed by atoms with E-state index >= 15 is 0 Å². The molecular weight excluding hydrogens is 240 g/mol. The average molecular weight is 262 g/mol. The van der Waals surface area contributed by atoms with Gasteiger partial charge in [-0.15, -0.1) is 0 Å². The van der Waals surface area contributed by atoms with Crippen LogP contribution in [0.3, 0.4) is 0 Å². The smallest absolute Gasteiger partial charge is 0.231 e. The highest BCUT2D eigenvalue weighted by Gasteiger charge is 2.38. The Hall–Kier alpha value is -1.55. The van der Waals surface area contributed by atoms with Crippen LogP contribution in [0.25, 0.3) is 0 Å². The van der Waals surface area contributed by atoms with Gasteiger partial charge in [0.15, 0.2) is 0 Å². The molecule has 2 rings (SSSR count). The number of aryl methyl sites for hydroxylation is 1. The highest BCUT2D eigenvalue weighted by molar-refractivity contribution is 5.96. The number of amides is 1. The number of anilines is 1. The van der Waals surface area contributed by atoms with Crippen molar-refractivity contribution in [1.29, 1.82) is 0 Å². The van der Waals surface area contributed by atoms with Crippen LogP contribution in [0.15, 0.2) is 18.2 Å². The van der Waals surface area contributed by atoms with E-state index in [1.807, 2.05) is 19.9 Å². The molecule has 0 saturated carbocycles. The molecule has 1 amide bonds. The zero-order valence-electron chi connectivity index (χ0n) is 11.6. The van der Waals surface area contributed by atoms with Gasteiger partial charge in [0.2, 0.25) is 5.91 Å². The second kappa shape index (κ2) is 5.61. The van der Waals surface area contributed by atoms with Crippen LogP contribution in [0.1, 0.15) is 31.7 Å². The molecule has 4 nitrogen and oxygen atoms in total. The Bertz CT molecular complexity index is 465. The van der Waals surface area contributed by atoms with Crippen molar-refractivity contribution in [2.45, 2.75) is 33.1 Å². The highest BCUT2D eigenvalue weighted by atomic mass is 16.3. The summed E-state index contributed by atoms with van der Waals surface area (Å²) in [5.41, 5.74) is 1.16. The Morgan fingerprint density at radius 1 is 1.53 bits per heavy atom. The van der Waals surface area contributed by atoms with E-state index in [0.717, 1.165) is 31.4 Å². The molecule has 0 bridgehead atoms. The molecule has 0 aliphatic carbocycles. The van der Waals surface area contributed by atoms with Gasteiger partial charge in [-0.2, -0.15) is 0 Å². The van der Waals surface area contributed by atoms with Crippen molar-refractivity contribution in [1.82, 2.24) is 5.32 Å². The molecule has 0 spiro atoms. The molecule has 104 valence electrons. The number of carbonyl (C=O) groups excluding carboxylic acids is 1. The lowest BCUT2D eigenvalue weighted by Crippen LogP contribution is -2.47. The van der Waals surface area contributed by atoms with E-state index in [9.17, 15) is 9.90 Å². The maximum Gasteiger partial charge on any atom is 0.231 e. The van der Waals surface area contributed by atoms with Gasteiger partial charge in [0.25, 0.3) is 0 Å². The number of benzene rings is 1. The van der Waals surface area contributed by atoms with Crippen molar-refractivity contribution in [3.8, 4) is 5.75 Å². The standard InChI is InChI=1S/C15H22N2O2/c1-3-15(7-4-8-16-10-15)14(19)17-12-9-11(2)5-6-13(12)18/h5-6,9,16,18H,3-4,7-8,10H2,1-2H3,(H,17,19). The molecule has 1 heterocycles. The van der Waals surface area contributed by atoms with Crippen molar-refractivity contribution in [2.24, 2.45) is 5.41 Å². The van der Waals surface area contributed by atoms with Crippen LogP contribution in [0.4, 0.5) is 5.69 Å². The molecule has 1 saturated heterocycles. The molecule has 19 heavy (non-hydrogen) atoms. The summed E-state index contributed by atoms with van der Waals surface area (Å²) in [6, 6.07) is 5.23. The normalized spacial score (nSPS) is 23.1. The van der Waals surface area contributed by atoms with Gasteiger partial charge in [-0.25, -0.2) is 0 Å². The van der Waals surface area contributed by atoms with Crippen molar-refractivity contribution >= 4 is 11.6 Å². The van der Waals surface area contributed by atoms with E-state index in [0.29, 0.717) is 12.2 Å². The second-order valence-corrected chi connectivity index (χ2v) is 5.39. The summed E-state index contributed by atoms with van der Waals surface area (Å²) in [5, 5.41) is 16.0. The van der Waals surface area contributed by atoms with Gasteiger partial charge in [-0.05, 0) is 50.4 Å². The van der Waals surface area contributed by atoms with Crippen LogP contribution in [0.5, 0.6) is 5.75 Å². The van der Waals surface area contributed by atoms with Crippen LogP contribution in [0, 0.1) is 12.3 Å². The quantitative estimate of drug-likeness (QED) is 0.733. The number of aromatic hydroxyl groups is 1. The Kier molecular flexibility index (Phi) is 4.10. The Labute approximate surface area is 114 Å². The number of phenols is 1. The summed E-state index contributed by atoms with van der Waals surface area (Å²) < 4.78 is 0. The van der Waals surface area contributed by atoms with Gasteiger partial charge in [0.05, 0.1) is 11.1 Å². The molecule has 1 fully saturated rings. The van der Waals surface area contributed by atoms with Gasteiger partial charge in [0, 0.05) is 6.54 Å². The van der Waals surface area contributed by atoms with Crippen molar-refractivity contribution < 1.29 is 9.90 Å². The Morgan fingerprint density at radius 3 is 2.95 bits per heavy atom. The Balaban J connectivity index is 2.17. The number of piperidine rings is 1. The van der Waals surface area contributed by atoms with E-state index in [1.54, 1.807) is 12.1 Å². The molecule has 0 aromatic heterocycles. The first-order valence-corrected chi connectivity index (χ1v) is 6.89. The third kappa shape index (κ3) is 2.89. The lowest BCUT2D eigenvalue weighted by molar-refractivity contribution is -0.126. The summed E-state index contributed by atoms with van der Waals surface area (Å²) in [5.74, 6) is 0.122. The number of nitrogens with one attached hydrogen (secondary N) is 2. The summed E-state index contributed by atoms with van der Waals surface area (Å²) in [4.78, 5) is 12.5. The Morgan fingerprint density at radius 2 is 2.32 bits per heavy atom. The lowest BCUT2D eigenvalue weighted by atomic mass is 9.77. The van der Waals surface area contributed by atoms with E-state index in [1.165, 1.54) is 0 Å². The molecule has 1 atom stereocenters. The largest absolute Gasteiger partial charge is 0.506 e. The highest BCUT2D eigenvalue weighted by Crippen LogP contribution is 2.33. The lowest BCUT2D eigenvalue weighted by Gasteiger charge is -2.35. The van der Waals surface area contributed by atoms with Crippen LogP contribution in [-0.2, 0) is 4.79 Å². The molecule has 1 unspecified atom stereocenters. The summed E-state index contributed by atoms with van der Waals surface area (Å²) >= 11 is 0. The molecular formula is C15H22N2O2. The van der Waals surface area contributed by atoms with E-state index in [2.05, 4.69) is 10.6 Å². The van der Waals surface area contributed by atoms with Crippen molar-refractivity contribution in [3.63, 3.8) is 0 Å². The fourth-order valence-electron chi connectivity index (χ4n) is 2.63. The van der Waals surface area contributed by atoms with E-state index in [4.69, 9.17) is 0 Å². The first-order valence-electron chi connectivity index (χ1n) is 6.89. The van der Waals surface area contributed by atoms with Gasteiger partial charge in [-0.1, -0.05) is 13.0 Å². The fourth-order valence-corrected chi connectivity index (χ4v) is 2.63. The first-order chi connectivity index (χ1) is 9.07. The summed E-state index contributed by atoms with van der Waals surface area (Å²) in [7, 11) is 0. The maximum atomic E-state index is 12.5. The monoisotopic (exact) mass is 262 g/mol. The number of phenolic OH excluding ortho intramolecular Hbond substituents is 1. The third-order valence-electron chi connectivity index (χ3n) is 4.03. The summed E-state index contributed by atoms with van der Waals surface area (Å²) in [6.07, 6.45) is 2.72. The first kappa shape index (κ1) is 13.9. The third-order valence-corrected chi connectivity index (χ3v) is 4.03. The van der Waals surface area contributed by atoms with Crippen LogP contribution in [0.2, 0.25) is 0 Å². The molecule has 3 N–H and O–H groups in total. The minimum Gasteiger partial charge on any atom is -0.506 e. The average Bonchev–Trinajstić information content (AvgIpc) is 2.43. The van der Waals surface area contributed by atoms with Gasteiger partial charge >= 0.3 is 0 Å². The van der Waals surface area contributed by atoms with Crippen LogP contribution in [-0.4, -0.2) is 24.1 Å². The number of hydrogen-bond acceptors (Lipinski definition) is 3. The summed E-state index contributed by atoms with van der Waals surface area (Å²) in [6.45, 7) is 5.67. The topological polar surface area (TPSA) is 61.4 Å². The van der Waals surface area contributed by atoms with Crippen molar-refractivity contribution in [2.75, 3.05) is 18.4 Å². The minimum atomic E-state index is -0.353. The van der Waals surface area contributed by atoms with Gasteiger partial charge in [0.1, 0.15) is 5.75 Å². The molecule has 0 radical (unpaired) electrons. The zero-order valence-corrected chi connectivity index (χ0v) is 11.6. The molecule has 1 aliphatic heterocycles. The van der Waals surface area contributed by atoms with Crippen LogP contribution < -0.4 is 10.6 Å².